The molecule has 1 nitrogen and oxygen atoms in total. The minimum Gasteiger partial charge on any atom is -0.494 e. The molecular formula is C21H28O. The summed E-state index contributed by atoms with van der Waals surface area (Å²) in [5, 5.41) is 0. The van der Waals surface area contributed by atoms with Crippen molar-refractivity contribution >= 4 is 0 Å². The average Bonchev–Trinajstić information content (AvgIpc) is 2.55. The molecule has 22 heavy (non-hydrogen) atoms. The fourth-order valence-electron chi connectivity index (χ4n) is 2.63. The topological polar surface area (TPSA) is 9.23 Å². The SMILES string of the molecule is CCCCOc1ccc(C(C)(C)c2ccc(CC)cc2)cc1. The summed E-state index contributed by atoms with van der Waals surface area (Å²) in [4.78, 5) is 0. The van der Waals surface area contributed by atoms with Crippen molar-refractivity contribution in [3.8, 4) is 5.75 Å². The Morgan fingerprint density at radius 1 is 0.818 bits per heavy atom. The molecule has 0 radical (unpaired) electrons. The summed E-state index contributed by atoms with van der Waals surface area (Å²) in [5.74, 6) is 0.967. The zero-order valence-electron chi connectivity index (χ0n) is 14.4. The predicted molar refractivity (Wildman–Crippen MR) is 94.8 cm³/mol. The molecule has 2 aromatic rings. The molecule has 0 saturated heterocycles. The predicted octanol–water partition coefficient (Wildman–Crippen LogP) is 5.75. The zero-order valence-corrected chi connectivity index (χ0v) is 14.4. The Hall–Kier alpha value is -1.76. The number of hydrogen-bond donors (Lipinski definition) is 0. The van der Waals surface area contributed by atoms with E-state index in [9.17, 15) is 0 Å². The van der Waals surface area contributed by atoms with Gasteiger partial charge in [-0.15, -0.1) is 0 Å². The molecule has 0 aliphatic carbocycles. The molecule has 0 amide bonds. The lowest BCUT2D eigenvalue weighted by Crippen LogP contribution is -2.18. The van der Waals surface area contributed by atoms with Gasteiger partial charge < -0.3 is 4.74 Å². The van der Waals surface area contributed by atoms with Crippen LogP contribution in [0, 0.1) is 0 Å². The van der Waals surface area contributed by atoms with Gasteiger partial charge in [0, 0.05) is 5.41 Å². The van der Waals surface area contributed by atoms with Crippen molar-refractivity contribution in [3.63, 3.8) is 0 Å². The van der Waals surface area contributed by atoms with Gasteiger partial charge in [-0.25, -0.2) is 0 Å². The Morgan fingerprint density at radius 2 is 1.36 bits per heavy atom. The number of unbranched alkanes of at least 4 members (excludes halogenated alkanes) is 1. The van der Waals surface area contributed by atoms with Gasteiger partial charge in [0.05, 0.1) is 6.61 Å². The van der Waals surface area contributed by atoms with Gasteiger partial charge in [-0.2, -0.15) is 0 Å². The van der Waals surface area contributed by atoms with Gasteiger partial charge in [0.1, 0.15) is 5.75 Å². The van der Waals surface area contributed by atoms with E-state index in [0.29, 0.717) is 0 Å². The van der Waals surface area contributed by atoms with Gasteiger partial charge in [0.2, 0.25) is 0 Å². The van der Waals surface area contributed by atoms with Crippen molar-refractivity contribution in [1.29, 1.82) is 0 Å². The van der Waals surface area contributed by atoms with E-state index in [4.69, 9.17) is 4.74 Å². The third-order valence-corrected chi connectivity index (χ3v) is 4.43. The third kappa shape index (κ3) is 3.91. The largest absolute Gasteiger partial charge is 0.494 e. The fourth-order valence-corrected chi connectivity index (χ4v) is 2.63. The number of hydrogen-bond acceptors (Lipinski definition) is 1. The molecule has 0 aliphatic heterocycles. The lowest BCUT2D eigenvalue weighted by atomic mass is 9.78. The first kappa shape index (κ1) is 16.6. The minimum absolute atomic E-state index is 0.00815. The molecule has 0 fully saturated rings. The lowest BCUT2D eigenvalue weighted by molar-refractivity contribution is 0.309. The van der Waals surface area contributed by atoms with Gasteiger partial charge in [-0.05, 0) is 41.7 Å². The molecule has 0 unspecified atom stereocenters. The highest BCUT2D eigenvalue weighted by Gasteiger charge is 2.22. The molecule has 0 spiro atoms. The van der Waals surface area contributed by atoms with Crippen molar-refractivity contribution in [2.24, 2.45) is 0 Å². The van der Waals surface area contributed by atoms with Gasteiger partial charge in [0.15, 0.2) is 0 Å². The maximum atomic E-state index is 5.75. The Kier molecular flexibility index (Phi) is 5.65. The van der Waals surface area contributed by atoms with Crippen LogP contribution in [0.3, 0.4) is 0 Å². The van der Waals surface area contributed by atoms with Crippen LogP contribution in [0.4, 0.5) is 0 Å². The van der Waals surface area contributed by atoms with Crippen molar-refractivity contribution in [3.05, 3.63) is 65.2 Å². The maximum absolute atomic E-state index is 5.75. The second kappa shape index (κ2) is 7.49. The smallest absolute Gasteiger partial charge is 0.119 e. The van der Waals surface area contributed by atoms with E-state index >= 15 is 0 Å². The van der Waals surface area contributed by atoms with Gasteiger partial charge >= 0.3 is 0 Å². The maximum Gasteiger partial charge on any atom is 0.119 e. The minimum atomic E-state index is 0.00815. The van der Waals surface area contributed by atoms with E-state index in [1.165, 1.54) is 23.1 Å². The van der Waals surface area contributed by atoms with Gasteiger partial charge in [0.25, 0.3) is 0 Å². The second-order valence-electron chi connectivity index (χ2n) is 6.40. The van der Waals surface area contributed by atoms with Crippen LogP contribution in [0.5, 0.6) is 5.75 Å². The molecular weight excluding hydrogens is 268 g/mol. The van der Waals surface area contributed by atoms with Gasteiger partial charge in [-0.1, -0.05) is 70.5 Å². The Balaban J connectivity index is 2.14. The van der Waals surface area contributed by atoms with E-state index < -0.39 is 0 Å². The van der Waals surface area contributed by atoms with Crippen LogP contribution in [0.15, 0.2) is 48.5 Å². The molecule has 2 rings (SSSR count). The fraction of sp³-hybridized carbons (Fsp3) is 0.429. The van der Waals surface area contributed by atoms with Crippen molar-refractivity contribution in [2.45, 2.75) is 52.4 Å². The van der Waals surface area contributed by atoms with Crippen LogP contribution in [0.1, 0.15) is 57.2 Å². The molecule has 0 aliphatic rings. The van der Waals surface area contributed by atoms with Crippen LogP contribution >= 0.6 is 0 Å². The average molecular weight is 296 g/mol. The Labute approximate surface area is 135 Å². The standard InChI is InChI=1S/C21H28O/c1-5-7-16-22-20-14-12-19(13-15-20)21(3,4)18-10-8-17(6-2)9-11-18/h8-15H,5-7,16H2,1-4H3. The molecule has 118 valence electrons. The highest BCUT2D eigenvalue weighted by atomic mass is 16.5. The first-order chi connectivity index (χ1) is 10.6. The molecule has 0 bridgehead atoms. The number of benzene rings is 2. The zero-order chi connectivity index (χ0) is 16.0. The first-order valence-electron chi connectivity index (χ1n) is 8.40. The molecule has 0 atom stereocenters. The van der Waals surface area contributed by atoms with Gasteiger partial charge in [-0.3, -0.25) is 0 Å². The summed E-state index contributed by atoms with van der Waals surface area (Å²) in [5.41, 5.74) is 4.07. The van der Waals surface area contributed by atoms with Crippen molar-refractivity contribution < 1.29 is 4.74 Å². The van der Waals surface area contributed by atoms with Crippen LogP contribution in [-0.2, 0) is 11.8 Å². The highest BCUT2D eigenvalue weighted by molar-refractivity contribution is 5.40. The molecule has 0 aromatic heterocycles. The number of aryl methyl sites for hydroxylation is 1. The number of ether oxygens (including phenoxy) is 1. The van der Waals surface area contributed by atoms with Crippen molar-refractivity contribution in [1.82, 2.24) is 0 Å². The summed E-state index contributed by atoms with van der Waals surface area (Å²) in [6.07, 6.45) is 3.36. The summed E-state index contributed by atoms with van der Waals surface area (Å²) in [6.45, 7) is 9.73. The van der Waals surface area contributed by atoms with Crippen LogP contribution in [-0.4, -0.2) is 6.61 Å². The summed E-state index contributed by atoms with van der Waals surface area (Å²) < 4.78 is 5.75. The second-order valence-corrected chi connectivity index (χ2v) is 6.40. The van der Waals surface area contributed by atoms with Crippen LogP contribution in [0.2, 0.25) is 0 Å². The van der Waals surface area contributed by atoms with E-state index in [1.807, 2.05) is 0 Å². The molecule has 1 heteroatoms. The van der Waals surface area contributed by atoms with E-state index in [2.05, 4.69) is 76.2 Å². The molecule has 0 N–H and O–H groups in total. The quantitative estimate of drug-likeness (QED) is 0.591. The van der Waals surface area contributed by atoms with E-state index in [0.717, 1.165) is 25.2 Å². The highest BCUT2D eigenvalue weighted by Crippen LogP contribution is 2.32. The summed E-state index contributed by atoms with van der Waals surface area (Å²) >= 11 is 0. The number of rotatable bonds is 7. The van der Waals surface area contributed by atoms with E-state index in [-0.39, 0.29) is 5.41 Å². The summed E-state index contributed by atoms with van der Waals surface area (Å²) in [7, 11) is 0. The Morgan fingerprint density at radius 3 is 1.86 bits per heavy atom. The monoisotopic (exact) mass is 296 g/mol. The third-order valence-electron chi connectivity index (χ3n) is 4.43. The molecule has 0 saturated carbocycles. The molecule has 0 heterocycles. The van der Waals surface area contributed by atoms with E-state index in [1.54, 1.807) is 0 Å². The van der Waals surface area contributed by atoms with Crippen LogP contribution in [0.25, 0.3) is 0 Å². The first-order valence-corrected chi connectivity index (χ1v) is 8.40. The lowest BCUT2D eigenvalue weighted by Gasteiger charge is -2.26. The molecule has 2 aromatic carbocycles. The van der Waals surface area contributed by atoms with Crippen molar-refractivity contribution in [2.75, 3.05) is 6.61 Å². The normalized spacial score (nSPS) is 11.5. The summed E-state index contributed by atoms with van der Waals surface area (Å²) in [6, 6.07) is 17.5. The van der Waals surface area contributed by atoms with Crippen LogP contribution < -0.4 is 4.74 Å². The Bertz CT molecular complexity index is 564.